The summed E-state index contributed by atoms with van der Waals surface area (Å²) in [4.78, 5) is 15.2. The van der Waals surface area contributed by atoms with Crippen LogP contribution in [0.5, 0.6) is 5.75 Å². The number of hydrogen-bond acceptors (Lipinski definition) is 5. The van der Waals surface area contributed by atoms with Gasteiger partial charge in [0.2, 0.25) is 10.0 Å². The number of nitrogens with one attached hydrogen (secondary N) is 1. The van der Waals surface area contributed by atoms with Crippen molar-refractivity contribution in [2.24, 2.45) is 0 Å². The first-order valence-corrected chi connectivity index (χ1v) is 12.7. The average molecular weight is 474 g/mol. The fraction of sp³-hybridized carbons (Fsp3) is 0.682. The zero-order chi connectivity index (χ0) is 21.6. The van der Waals surface area contributed by atoms with E-state index in [1.807, 2.05) is 19.1 Å². The topological polar surface area (TPSA) is 79.0 Å². The van der Waals surface area contributed by atoms with Crippen molar-refractivity contribution < 1.29 is 17.9 Å². The van der Waals surface area contributed by atoms with Gasteiger partial charge >= 0.3 is 0 Å². The monoisotopic (exact) mass is 473 g/mol. The zero-order valence-electron chi connectivity index (χ0n) is 18.6. The molecule has 1 aliphatic carbocycles. The molecule has 1 saturated carbocycles. The van der Waals surface area contributed by atoms with Crippen LogP contribution in [0.3, 0.4) is 0 Å². The highest BCUT2D eigenvalue weighted by molar-refractivity contribution is 7.89. The molecule has 0 unspecified atom stereocenters. The number of rotatable bonds is 8. The number of ether oxygens (including phenoxy) is 1. The summed E-state index contributed by atoms with van der Waals surface area (Å²) in [6.45, 7) is 5.00. The molecule has 176 valence electrons. The van der Waals surface area contributed by atoms with Gasteiger partial charge in [0.15, 0.2) is 0 Å². The van der Waals surface area contributed by atoms with Gasteiger partial charge in [-0.3, -0.25) is 9.69 Å². The summed E-state index contributed by atoms with van der Waals surface area (Å²) in [6, 6.07) is 7.19. The first-order chi connectivity index (χ1) is 14.4. The number of hydrogen-bond donors (Lipinski definition) is 1. The Morgan fingerprint density at radius 1 is 1.13 bits per heavy atom. The molecule has 3 rings (SSSR count). The van der Waals surface area contributed by atoms with E-state index < -0.39 is 10.0 Å². The second-order valence-corrected chi connectivity index (χ2v) is 10.5. The Labute approximate surface area is 193 Å². The third-order valence-corrected chi connectivity index (χ3v) is 8.54. The molecule has 1 aromatic rings. The second-order valence-electron chi connectivity index (χ2n) is 8.40. The molecule has 0 bridgehead atoms. The van der Waals surface area contributed by atoms with Gasteiger partial charge in [-0.2, -0.15) is 4.31 Å². The van der Waals surface area contributed by atoms with Gasteiger partial charge < -0.3 is 10.1 Å². The molecule has 0 atom stereocenters. The number of benzene rings is 1. The highest BCUT2D eigenvalue weighted by atomic mass is 35.5. The summed E-state index contributed by atoms with van der Waals surface area (Å²) in [6.07, 6.45) is 6.21. The Bertz CT molecular complexity index is 820. The minimum atomic E-state index is -3.15. The van der Waals surface area contributed by atoms with Gasteiger partial charge in [-0.15, -0.1) is 12.4 Å². The lowest BCUT2D eigenvalue weighted by molar-refractivity contribution is 0.0240. The van der Waals surface area contributed by atoms with Crippen molar-refractivity contribution in [1.82, 2.24) is 14.5 Å². The summed E-state index contributed by atoms with van der Waals surface area (Å²) in [7, 11) is -1.56. The number of nitrogens with zero attached hydrogens (tertiary/aromatic N) is 2. The standard InChI is InChI=1S/C22H35N3O4S.ClH/c1-3-16-30(27,28)25-14-12-24(13-15-25)22(10-5-4-6-11-22)18-23-21(26)19-8-7-9-20(17-19)29-2;/h7-9,17H,3-6,10-16,18H2,1-2H3,(H,23,26);1H. The molecule has 2 fully saturated rings. The van der Waals surface area contributed by atoms with E-state index in [0.717, 1.165) is 38.8 Å². The molecule has 1 aromatic carbocycles. The van der Waals surface area contributed by atoms with Crippen molar-refractivity contribution in [3.8, 4) is 5.75 Å². The van der Waals surface area contributed by atoms with E-state index in [4.69, 9.17) is 4.74 Å². The minimum absolute atomic E-state index is 0. The number of piperazine rings is 1. The maximum absolute atomic E-state index is 12.8. The summed E-state index contributed by atoms with van der Waals surface area (Å²) in [5.41, 5.74) is 0.503. The van der Waals surface area contributed by atoms with Crippen molar-refractivity contribution in [2.75, 3.05) is 45.6 Å². The molecule has 31 heavy (non-hydrogen) atoms. The SMILES string of the molecule is CCCS(=O)(=O)N1CCN(C2(CNC(=O)c3cccc(OC)c3)CCCCC2)CC1.Cl. The molecule has 1 amide bonds. The van der Waals surface area contributed by atoms with Crippen LogP contribution >= 0.6 is 12.4 Å². The van der Waals surface area contributed by atoms with Crippen LogP contribution in [0, 0.1) is 0 Å². The lowest BCUT2D eigenvalue weighted by Crippen LogP contribution is -2.62. The molecule has 0 radical (unpaired) electrons. The van der Waals surface area contributed by atoms with Gasteiger partial charge in [-0.05, 0) is 37.5 Å². The highest BCUT2D eigenvalue weighted by Gasteiger charge is 2.40. The van der Waals surface area contributed by atoms with Crippen molar-refractivity contribution in [2.45, 2.75) is 51.0 Å². The van der Waals surface area contributed by atoms with E-state index in [1.54, 1.807) is 23.5 Å². The van der Waals surface area contributed by atoms with Gasteiger partial charge in [0.1, 0.15) is 5.75 Å². The highest BCUT2D eigenvalue weighted by Crippen LogP contribution is 2.34. The Balaban J connectivity index is 0.00000341. The lowest BCUT2D eigenvalue weighted by atomic mass is 9.79. The first kappa shape index (κ1) is 25.9. The number of carbonyl (C=O) groups is 1. The molecular formula is C22H36ClN3O4S. The van der Waals surface area contributed by atoms with Gasteiger partial charge in [0.25, 0.3) is 5.91 Å². The number of amides is 1. The van der Waals surface area contributed by atoms with E-state index in [2.05, 4.69) is 10.2 Å². The van der Waals surface area contributed by atoms with Gasteiger partial charge in [0.05, 0.1) is 12.9 Å². The van der Waals surface area contributed by atoms with E-state index in [1.165, 1.54) is 6.42 Å². The molecule has 7 nitrogen and oxygen atoms in total. The lowest BCUT2D eigenvalue weighted by Gasteiger charge is -2.49. The predicted molar refractivity (Wildman–Crippen MR) is 126 cm³/mol. The number of sulfonamides is 1. The average Bonchev–Trinajstić information content (AvgIpc) is 2.78. The quantitative estimate of drug-likeness (QED) is 0.628. The number of carbonyl (C=O) groups excluding carboxylic acids is 1. The Kier molecular flexibility index (Phi) is 9.61. The van der Waals surface area contributed by atoms with E-state index in [0.29, 0.717) is 37.4 Å². The summed E-state index contributed by atoms with van der Waals surface area (Å²) in [5, 5.41) is 3.15. The number of halogens is 1. The molecule has 1 N–H and O–H groups in total. The first-order valence-electron chi connectivity index (χ1n) is 11.1. The Morgan fingerprint density at radius 2 is 1.81 bits per heavy atom. The van der Waals surface area contributed by atoms with Gasteiger partial charge in [-0.1, -0.05) is 32.3 Å². The maximum atomic E-state index is 12.8. The zero-order valence-corrected chi connectivity index (χ0v) is 20.3. The normalized spacial score (nSPS) is 19.9. The summed E-state index contributed by atoms with van der Waals surface area (Å²) >= 11 is 0. The van der Waals surface area contributed by atoms with Crippen LogP contribution in [0.1, 0.15) is 55.8 Å². The van der Waals surface area contributed by atoms with Gasteiger partial charge in [-0.25, -0.2) is 8.42 Å². The van der Waals surface area contributed by atoms with Crippen LogP contribution < -0.4 is 10.1 Å². The second kappa shape index (κ2) is 11.5. The molecule has 0 aromatic heterocycles. The van der Waals surface area contributed by atoms with Crippen molar-refractivity contribution in [3.63, 3.8) is 0 Å². The van der Waals surface area contributed by atoms with Crippen molar-refractivity contribution >= 4 is 28.3 Å². The minimum Gasteiger partial charge on any atom is -0.497 e. The largest absolute Gasteiger partial charge is 0.497 e. The molecule has 1 heterocycles. The van der Waals surface area contributed by atoms with Crippen LogP contribution in [0.15, 0.2) is 24.3 Å². The van der Waals surface area contributed by atoms with Crippen LogP contribution in [0.4, 0.5) is 0 Å². The smallest absolute Gasteiger partial charge is 0.251 e. The van der Waals surface area contributed by atoms with E-state index in [9.17, 15) is 13.2 Å². The van der Waals surface area contributed by atoms with E-state index in [-0.39, 0.29) is 29.6 Å². The molecule has 9 heteroatoms. The van der Waals surface area contributed by atoms with Crippen LogP contribution in [0.25, 0.3) is 0 Å². The molecule has 1 aliphatic heterocycles. The Hall–Kier alpha value is -1.35. The fourth-order valence-electron chi connectivity index (χ4n) is 4.75. The molecule has 0 spiro atoms. The number of methoxy groups -OCH3 is 1. The third kappa shape index (κ3) is 6.34. The van der Waals surface area contributed by atoms with Crippen LogP contribution in [-0.4, -0.2) is 74.7 Å². The molecule has 2 aliphatic rings. The third-order valence-electron chi connectivity index (χ3n) is 6.46. The molecular weight excluding hydrogens is 438 g/mol. The summed E-state index contributed by atoms with van der Waals surface area (Å²) in [5.74, 6) is 0.789. The van der Waals surface area contributed by atoms with Gasteiger partial charge in [0, 0.05) is 43.8 Å². The van der Waals surface area contributed by atoms with Crippen molar-refractivity contribution in [3.05, 3.63) is 29.8 Å². The van der Waals surface area contributed by atoms with Crippen molar-refractivity contribution in [1.29, 1.82) is 0 Å². The Morgan fingerprint density at radius 3 is 2.42 bits per heavy atom. The fourth-order valence-corrected chi connectivity index (χ4v) is 6.25. The summed E-state index contributed by atoms with van der Waals surface area (Å²) < 4.78 is 31.7. The maximum Gasteiger partial charge on any atom is 0.251 e. The van der Waals surface area contributed by atoms with E-state index >= 15 is 0 Å². The molecule has 1 saturated heterocycles. The van der Waals surface area contributed by atoms with Crippen LogP contribution in [-0.2, 0) is 10.0 Å². The predicted octanol–water partition coefficient (Wildman–Crippen LogP) is 2.91. The van der Waals surface area contributed by atoms with Crippen LogP contribution in [0.2, 0.25) is 0 Å².